The summed E-state index contributed by atoms with van der Waals surface area (Å²) in [5.41, 5.74) is 3.65. The van der Waals surface area contributed by atoms with Crippen molar-refractivity contribution in [2.75, 3.05) is 43.5 Å². The number of hydrogen-bond acceptors (Lipinski definition) is 4. The highest BCUT2D eigenvalue weighted by molar-refractivity contribution is 5.99. The fourth-order valence-corrected chi connectivity index (χ4v) is 3.57. The minimum atomic E-state index is 0.00542. The number of fused-ring (bicyclic) bond motifs is 1. The molecule has 0 aromatic heterocycles. The molecule has 2 amide bonds. The molecule has 26 heavy (non-hydrogen) atoms. The third kappa shape index (κ3) is 2.98. The molecule has 6 nitrogen and oxygen atoms in total. The second-order valence-corrected chi connectivity index (χ2v) is 6.55. The van der Waals surface area contributed by atoms with E-state index in [-0.39, 0.29) is 11.8 Å². The second-order valence-electron chi connectivity index (χ2n) is 6.55. The fourth-order valence-electron chi connectivity index (χ4n) is 3.57. The summed E-state index contributed by atoms with van der Waals surface area (Å²) in [7, 11) is 1.58. The van der Waals surface area contributed by atoms with E-state index in [0.717, 1.165) is 30.0 Å². The number of anilines is 2. The van der Waals surface area contributed by atoms with Crippen molar-refractivity contribution in [1.82, 2.24) is 4.90 Å². The molecule has 2 heterocycles. The van der Waals surface area contributed by atoms with Crippen LogP contribution in [0.25, 0.3) is 0 Å². The lowest BCUT2D eigenvalue weighted by Crippen LogP contribution is -2.48. The number of amides is 2. The van der Waals surface area contributed by atoms with Gasteiger partial charge in [-0.05, 0) is 35.9 Å². The number of carbonyl (C=O) groups is 2. The zero-order valence-electron chi connectivity index (χ0n) is 14.7. The van der Waals surface area contributed by atoms with E-state index in [4.69, 9.17) is 4.74 Å². The smallest absolute Gasteiger partial charge is 0.257 e. The van der Waals surface area contributed by atoms with Crippen molar-refractivity contribution in [2.24, 2.45) is 0 Å². The zero-order valence-corrected chi connectivity index (χ0v) is 14.7. The van der Waals surface area contributed by atoms with Crippen molar-refractivity contribution in [3.05, 3.63) is 53.6 Å². The van der Waals surface area contributed by atoms with Crippen LogP contribution in [0.3, 0.4) is 0 Å². The average molecular weight is 351 g/mol. The minimum Gasteiger partial charge on any atom is -0.496 e. The van der Waals surface area contributed by atoms with Crippen LogP contribution in [0.1, 0.15) is 15.9 Å². The van der Waals surface area contributed by atoms with Crippen LogP contribution >= 0.6 is 0 Å². The molecule has 134 valence electrons. The first-order valence-electron chi connectivity index (χ1n) is 8.76. The number of rotatable bonds is 3. The maximum atomic E-state index is 12.8. The monoisotopic (exact) mass is 351 g/mol. The Bertz CT molecular complexity index is 857. The first-order valence-corrected chi connectivity index (χ1v) is 8.76. The quantitative estimate of drug-likeness (QED) is 0.920. The summed E-state index contributed by atoms with van der Waals surface area (Å²) in [6.45, 7) is 2.85. The Morgan fingerprint density at radius 2 is 1.85 bits per heavy atom. The molecule has 2 aromatic carbocycles. The summed E-state index contributed by atoms with van der Waals surface area (Å²) in [5, 5.41) is 2.86. The zero-order chi connectivity index (χ0) is 18.1. The lowest BCUT2D eigenvalue weighted by Gasteiger charge is -2.36. The molecule has 1 fully saturated rings. The van der Waals surface area contributed by atoms with Gasteiger partial charge >= 0.3 is 0 Å². The van der Waals surface area contributed by atoms with Gasteiger partial charge in [0.1, 0.15) is 5.75 Å². The summed E-state index contributed by atoms with van der Waals surface area (Å²) >= 11 is 0. The summed E-state index contributed by atoms with van der Waals surface area (Å²) in [4.78, 5) is 28.4. The molecular weight excluding hydrogens is 330 g/mol. The van der Waals surface area contributed by atoms with Crippen LogP contribution in [0.5, 0.6) is 5.75 Å². The maximum absolute atomic E-state index is 12.8. The standard InChI is InChI=1S/C20H21N3O3/c1-26-18-5-3-2-4-16(18)20(25)23-10-8-22(9-11-23)15-6-7-17-14(12-15)13-19(24)21-17/h2-7,12H,8-11,13H2,1H3,(H,21,24). The number of para-hydroxylation sites is 1. The molecule has 2 aromatic rings. The van der Waals surface area contributed by atoms with Gasteiger partial charge in [-0.2, -0.15) is 0 Å². The fraction of sp³-hybridized carbons (Fsp3) is 0.300. The Labute approximate surface area is 152 Å². The van der Waals surface area contributed by atoms with Crippen molar-refractivity contribution < 1.29 is 14.3 Å². The van der Waals surface area contributed by atoms with Crippen LogP contribution in [-0.2, 0) is 11.2 Å². The van der Waals surface area contributed by atoms with Crippen molar-refractivity contribution in [3.8, 4) is 5.75 Å². The van der Waals surface area contributed by atoms with Gasteiger partial charge in [0.15, 0.2) is 0 Å². The highest BCUT2D eigenvalue weighted by Gasteiger charge is 2.25. The predicted molar refractivity (Wildman–Crippen MR) is 99.9 cm³/mol. The van der Waals surface area contributed by atoms with Crippen molar-refractivity contribution in [1.29, 1.82) is 0 Å². The molecule has 0 spiro atoms. The van der Waals surface area contributed by atoms with Crippen LogP contribution in [0.2, 0.25) is 0 Å². The molecule has 0 radical (unpaired) electrons. The molecule has 0 atom stereocenters. The van der Waals surface area contributed by atoms with Gasteiger partial charge in [-0.25, -0.2) is 0 Å². The van der Waals surface area contributed by atoms with Gasteiger partial charge in [-0.3, -0.25) is 9.59 Å². The first kappa shape index (κ1) is 16.4. The molecule has 4 rings (SSSR count). The molecule has 1 N–H and O–H groups in total. The molecule has 2 aliphatic heterocycles. The third-order valence-electron chi connectivity index (χ3n) is 4.98. The van der Waals surface area contributed by atoms with E-state index < -0.39 is 0 Å². The highest BCUT2D eigenvalue weighted by atomic mass is 16.5. The van der Waals surface area contributed by atoms with Gasteiger partial charge in [0.2, 0.25) is 5.91 Å². The Balaban J connectivity index is 1.44. The van der Waals surface area contributed by atoms with Crippen LogP contribution in [0.4, 0.5) is 11.4 Å². The van der Waals surface area contributed by atoms with Crippen molar-refractivity contribution in [2.45, 2.75) is 6.42 Å². The molecule has 0 unspecified atom stereocenters. The Hall–Kier alpha value is -3.02. The highest BCUT2D eigenvalue weighted by Crippen LogP contribution is 2.29. The molecule has 0 aliphatic carbocycles. The number of benzene rings is 2. The van der Waals surface area contributed by atoms with Gasteiger partial charge < -0.3 is 19.9 Å². The summed E-state index contributed by atoms with van der Waals surface area (Å²) in [6, 6.07) is 13.4. The number of hydrogen-bond donors (Lipinski definition) is 1. The molecular formula is C20H21N3O3. The number of ether oxygens (including phenoxy) is 1. The number of nitrogens with zero attached hydrogens (tertiary/aromatic N) is 2. The first-order chi connectivity index (χ1) is 12.7. The van der Waals surface area contributed by atoms with Gasteiger partial charge in [0.25, 0.3) is 5.91 Å². The maximum Gasteiger partial charge on any atom is 0.257 e. The van der Waals surface area contributed by atoms with Gasteiger partial charge in [0, 0.05) is 37.6 Å². The number of methoxy groups -OCH3 is 1. The van der Waals surface area contributed by atoms with Crippen LogP contribution in [0, 0.1) is 0 Å². The second kappa shape index (κ2) is 6.71. The van der Waals surface area contributed by atoms with E-state index in [9.17, 15) is 9.59 Å². The largest absolute Gasteiger partial charge is 0.496 e. The van der Waals surface area contributed by atoms with E-state index in [2.05, 4.69) is 16.3 Å². The van der Waals surface area contributed by atoms with Crippen molar-refractivity contribution >= 4 is 23.2 Å². The molecule has 0 saturated carbocycles. The Kier molecular flexibility index (Phi) is 4.24. The lowest BCUT2D eigenvalue weighted by molar-refractivity contribution is -0.115. The van der Waals surface area contributed by atoms with E-state index in [1.807, 2.05) is 35.2 Å². The average Bonchev–Trinajstić information content (AvgIpc) is 3.06. The SMILES string of the molecule is COc1ccccc1C(=O)N1CCN(c2ccc3c(c2)CC(=O)N3)CC1. The summed E-state index contributed by atoms with van der Waals surface area (Å²) < 4.78 is 5.31. The lowest BCUT2D eigenvalue weighted by atomic mass is 10.1. The summed E-state index contributed by atoms with van der Waals surface area (Å²) in [5.74, 6) is 0.658. The third-order valence-corrected chi connectivity index (χ3v) is 4.98. The number of nitrogens with one attached hydrogen (secondary N) is 1. The van der Waals surface area contributed by atoms with Gasteiger partial charge in [-0.1, -0.05) is 12.1 Å². The molecule has 1 saturated heterocycles. The van der Waals surface area contributed by atoms with Gasteiger partial charge in [-0.15, -0.1) is 0 Å². The van der Waals surface area contributed by atoms with E-state index in [1.165, 1.54) is 0 Å². The normalized spacial score (nSPS) is 16.3. The van der Waals surface area contributed by atoms with Gasteiger partial charge in [0.05, 0.1) is 19.1 Å². The Morgan fingerprint density at radius 3 is 2.62 bits per heavy atom. The summed E-state index contributed by atoms with van der Waals surface area (Å²) in [6.07, 6.45) is 0.440. The minimum absolute atomic E-state index is 0.00542. The molecule has 2 aliphatic rings. The Morgan fingerprint density at radius 1 is 1.08 bits per heavy atom. The van der Waals surface area contributed by atoms with E-state index in [1.54, 1.807) is 13.2 Å². The van der Waals surface area contributed by atoms with E-state index in [0.29, 0.717) is 30.8 Å². The molecule has 0 bridgehead atoms. The number of piperazine rings is 1. The predicted octanol–water partition coefficient (Wildman–Crippen LogP) is 2.15. The topological polar surface area (TPSA) is 61.9 Å². The van der Waals surface area contributed by atoms with Crippen molar-refractivity contribution in [3.63, 3.8) is 0 Å². The van der Waals surface area contributed by atoms with Crippen LogP contribution < -0.4 is 15.0 Å². The number of carbonyl (C=O) groups excluding carboxylic acids is 2. The van der Waals surface area contributed by atoms with Crippen LogP contribution in [-0.4, -0.2) is 50.0 Å². The van der Waals surface area contributed by atoms with Crippen LogP contribution in [0.15, 0.2) is 42.5 Å². The molecule has 6 heteroatoms. The van der Waals surface area contributed by atoms with E-state index >= 15 is 0 Å².